The summed E-state index contributed by atoms with van der Waals surface area (Å²) in [6.07, 6.45) is -7.28. The van der Waals surface area contributed by atoms with Crippen molar-refractivity contribution in [2.75, 3.05) is 27.4 Å². The van der Waals surface area contributed by atoms with E-state index in [9.17, 15) is 40.9 Å². The van der Waals surface area contributed by atoms with Crippen molar-refractivity contribution in [2.45, 2.75) is 171 Å². The van der Waals surface area contributed by atoms with Crippen LogP contribution in [0.4, 0.5) is 0 Å². The van der Waals surface area contributed by atoms with E-state index in [1.54, 1.807) is 0 Å². The van der Waals surface area contributed by atoms with Gasteiger partial charge in [-0.3, -0.25) is 0 Å². The summed E-state index contributed by atoms with van der Waals surface area (Å²) >= 11 is 0. The fraction of sp³-hybridized carbons (Fsp3) is 1.00. The van der Waals surface area contributed by atoms with E-state index >= 15 is 0 Å². The third-order valence-corrected chi connectivity index (χ3v) is 15.2. The van der Waals surface area contributed by atoms with Crippen LogP contribution in [0.2, 0.25) is 0 Å². The number of aliphatic hydroxyl groups is 8. The maximum atomic E-state index is 12.6. The van der Waals surface area contributed by atoms with Gasteiger partial charge in [0, 0.05) is 32.5 Å². The molecule has 0 amide bonds. The number of rotatable bonds is 12. The molecule has 12 unspecified atom stereocenters. The van der Waals surface area contributed by atoms with Crippen molar-refractivity contribution >= 4 is 0 Å². The van der Waals surface area contributed by atoms with Crippen LogP contribution in [0.25, 0.3) is 0 Å². The lowest BCUT2D eigenvalue weighted by Crippen LogP contribution is -2.70. The number of hydrogen-bond donors (Lipinski definition) is 8. The smallest absolute Gasteiger partial charge is 0.186 e. The van der Waals surface area contributed by atoms with Gasteiger partial charge in [0.05, 0.1) is 49.3 Å². The van der Waals surface area contributed by atoms with Crippen molar-refractivity contribution in [2.24, 2.45) is 46.3 Å². The minimum Gasteiger partial charge on any atom is -0.393 e. The maximum absolute atomic E-state index is 12.6. The molecule has 6 aliphatic rings. The zero-order valence-electron chi connectivity index (χ0n) is 32.6. The Bertz CT molecular complexity index is 1230. The van der Waals surface area contributed by atoms with E-state index in [4.69, 9.17) is 28.4 Å². The molecular weight excluding hydrogens is 692 g/mol. The van der Waals surface area contributed by atoms with Crippen molar-refractivity contribution in [3.8, 4) is 0 Å². The van der Waals surface area contributed by atoms with Gasteiger partial charge in [0.15, 0.2) is 12.6 Å². The zero-order valence-corrected chi connectivity index (χ0v) is 32.6. The second-order valence-corrected chi connectivity index (χ2v) is 18.4. The molecule has 0 radical (unpaired) electrons. The molecule has 4 aliphatic carbocycles. The second-order valence-electron chi connectivity index (χ2n) is 18.4. The molecule has 0 aromatic heterocycles. The topological polar surface area (TPSA) is 217 Å². The highest BCUT2D eigenvalue weighted by molar-refractivity contribution is 5.21. The molecule has 0 aromatic carbocycles. The minimum atomic E-state index is -1.31. The Kier molecular flexibility index (Phi) is 12.7. The fourth-order valence-electron chi connectivity index (χ4n) is 12.4. The molecular formula is C39H68O14. The van der Waals surface area contributed by atoms with Crippen LogP contribution in [0.1, 0.15) is 86.0 Å². The SMILES string of the molecule is COC1COC(OCC2OC(O[C@@H](CCC(C)[C@H]3C[C@@H](O)C4[C@]5(O)C[C@H](O)C6[C@@H](O)[C@@H](O)CC[C@]6(C)C5CC[C@@]43C)C(C)C)C(O)C2O)C(OC)C1O. The van der Waals surface area contributed by atoms with Gasteiger partial charge in [-0.1, -0.05) is 34.6 Å². The van der Waals surface area contributed by atoms with E-state index in [0.717, 1.165) is 19.3 Å². The maximum Gasteiger partial charge on any atom is 0.186 e. The monoisotopic (exact) mass is 760 g/mol. The zero-order chi connectivity index (χ0) is 38.8. The number of ether oxygens (including phenoxy) is 6. The number of methoxy groups -OCH3 is 2. The Hall–Kier alpha value is -0.560. The van der Waals surface area contributed by atoms with E-state index in [1.807, 2.05) is 20.8 Å². The van der Waals surface area contributed by atoms with Gasteiger partial charge in [-0.05, 0) is 79.4 Å². The lowest BCUT2D eigenvalue weighted by atomic mass is 9.41. The van der Waals surface area contributed by atoms with Crippen molar-refractivity contribution in [3.63, 3.8) is 0 Å². The normalized spacial score (nSPS) is 52.5. The molecule has 14 nitrogen and oxygen atoms in total. The molecule has 308 valence electrons. The van der Waals surface area contributed by atoms with E-state index in [2.05, 4.69) is 13.8 Å². The van der Waals surface area contributed by atoms with Crippen LogP contribution in [-0.2, 0) is 28.4 Å². The standard InChI is InChI=1S/C39H68O14/c1-18(2)24(52-35-32(46)30(44)26(53-35)17-51-36-33(49-7)31(45)25(48-6)16-50-36)9-8-19(3)20-14-22(41)34-37(20,4)13-11-27-38(5)12-10-21(40)29(43)28(38)23(42)15-39(27,34)47/h18-36,40-47H,8-17H2,1-7H3/t19?,20-,21+,22-,23+,24+,25?,26?,27?,28?,29+,30?,31?,32?,33?,34?,35?,36?,37-,38-,39+/m1/s1. The average molecular weight is 761 g/mol. The Morgan fingerprint density at radius 2 is 1.47 bits per heavy atom. The van der Waals surface area contributed by atoms with Crippen LogP contribution in [-0.4, -0.2) is 154 Å². The van der Waals surface area contributed by atoms with Gasteiger partial charge >= 0.3 is 0 Å². The molecule has 0 bridgehead atoms. The lowest BCUT2D eigenvalue weighted by Gasteiger charge is -2.66. The predicted molar refractivity (Wildman–Crippen MR) is 189 cm³/mol. The Balaban J connectivity index is 1.07. The third-order valence-electron chi connectivity index (χ3n) is 15.2. The van der Waals surface area contributed by atoms with Crippen molar-refractivity contribution in [3.05, 3.63) is 0 Å². The molecule has 2 heterocycles. The van der Waals surface area contributed by atoms with E-state index in [-0.39, 0.29) is 54.8 Å². The highest BCUT2D eigenvalue weighted by atomic mass is 16.7. The van der Waals surface area contributed by atoms with Crippen LogP contribution < -0.4 is 0 Å². The van der Waals surface area contributed by atoms with Gasteiger partial charge in [0.2, 0.25) is 0 Å². The third kappa shape index (κ3) is 7.28. The fourth-order valence-corrected chi connectivity index (χ4v) is 12.4. The lowest BCUT2D eigenvalue weighted by molar-refractivity contribution is -0.287. The highest BCUT2D eigenvalue weighted by Gasteiger charge is 2.71. The molecule has 8 N–H and O–H groups in total. The minimum absolute atomic E-state index is 0.0641. The summed E-state index contributed by atoms with van der Waals surface area (Å²) in [6.45, 7) is 10.5. The summed E-state index contributed by atoms with van der Waals surface area (Å²) in [6, 6.07) is 0. The van der Waals surface area contributed by atoms with Crippen molar-refractivity contribution in [1.82, 2.24) is 0 Å². The first-order valence-corrected chi connectivity index (χ1v) is 20.0. The predicted octanol–water partition coefficient (Wildman–Crippen LogP) is 0.702. The summed E-state index contributed by atoms with van der Waals surface area (Å²) in [7, 11) is 2.91. The molecule has 53 heavy (non-hydrogen) atoms. The molecule has 4 saturated carbocycles. The van der Waals surface area contributed by atoms with Gasteiger partial charge in [-0.25, -0.2) is 0 Å². The van der Waals surface area contributed by atoms with E-state index < -0.39 is 96.5 Å². The van der Waals surface area contributed by atoms with Gasteiger partial charge in [-0.2, -0.15) is 0 Å². The van der Waals surface area contributed by atoms with Gasteiger partial charge in [-0.15, -0.1) is 0 Å². The van der Waals surface area contributed by atoms with Crippen LogP contribution in [0, 0.1) is 46.3 Å². The van der Waals surface area contributed by atoms with Crippen LogP contribution in [0.15, 0.2) is 0 Å². The first kappa shape index (κ1) is 42.1. The quantitative estimate of drug-likeness (QED) is 0.138. The molecule has 6 rings (SSSR count). The molecule has 2 saturated heterocycles. The second kappa shape index (κ2) is 16.0. The Labute approximate surface area is 314 Å². The first-order valence-electron chi connectivity index (χ1n) is 20.0. The molecule has 14 heteroatoms. The first-order chi connectivity index (χ1) is 24.9. The highest BCUT2D eigenvalue weighted by Crippen LogP contribution is 2.70. The van der Waals surface area contributed by atoms with Crippen LogP contribution >= 0.6 is 0 Å². The van der Waals surface area contributed by atoms with E-state index in [0.29, 0.717) is 25.7 Å². The average Bonchev–Trinajstić information content (AvgIpc) is 3.53. The Morgan fingerprint density at radius 3 is 2.13 bits per heavy atom. The van der Waals surface area contributed by atoms with Crippen molar-refractivity contribution < 1.29 is 69.3 Å². The molecule has 0 aromatic rings. The van der Waals surface area contributed by atoms with Gasteiger partial charge in [0.1, 0.15) is 36.6 Å². The summed E-state index contributed by atoms with van der Waals surface area (Å²) in [5.74, 6) is -0.838. The molecule has 0 spiro atoms. The summed E-state index contributed by atoms with van der Waals surface area (Å²) in [4.78, 5) is 0. The van der Waals surface area contributed by atoms with Crippen LogP contribution in [0.5, 0.6) is 0 Å². The molecule has 6 fully saturated rings. The van der Waals surface area contributed by atoms with Gasteiger partial charge in [0.25, 0.3) is 0 Å². The number of fused-ring (bicyclic) bond motifs is 5. The van der Waals surface area contributed by atoms with E-state index in [1.165, 1.54) is 14.2 Å². The number of aliphatic hydroxyl groups excluding tert-OH is 7. The number of hydrogen-bond acceptors (Lipinski definition) is 14. The summed E-state index contributed by atoms with van der Waals surface area (Å²) in [5.41, 5.74) is -2.23. The molecule has 2 aliphatic heterocycles. The Morgan fingerprint density at radius 1 is 0.774 bits per heavy atom. The summed E-state index contributed by atoms with van der Waals surface area (Å²) < 4.78 is 34.5. The van der Waals surface area contributed by atoms with Crippen LogP contribution in [0.3, 0.4) is 0 Å². The van der Waals surface area contributed by atoms with Crippen molar-refractivity contribution in [1.29, 1.82) is 0 Å². The largest absolute Gasteiger partial charge is 0.393 e. The molecule has 21 atom stereocenters. The van der Waals surface area contributed by atoms with Gasteiger partial charge < -0.3 is 69.3 Å². The summed E-state index contributed by atoms with van der Waals surface area (Å²) in [5, 5.41) is 89.6.